The molecule has 0 bridgehead atoms. The highest BCUT2D eigenvalue weighted by molar-refractivity contribution is 5.88. The van der Waals surface area contributed by atoms with Crippen LogP contribution in [0.25, 0.3) is 0 Å². The van der Waals surface area contributed by atoms with Crippen molar-refractivity contribution in [2.24, 2.45) is 0 Å². The van der Waals surface area contributed by atoms with Gasteiger partial charge in [0.1, 0.15) is 5.56 Å². The SMILES string of the molecule is Cc1nn(CCC2CCCCN2C)cc1C(=O)O. The van der Waals surface area contributed by atoms with E-state index in [0.717, 1.165) is 13.0 Å². The predicted octanol–water partition coefficient (Wildman–Crippen LogP) is 1.76. The van der Waals surface area contributed by atoms with Crippen LogP contribution in [0, 0.1) is 6.92 Å². The summed E-state index contributed by atoms with van der Waals surface area (Å²) < 4.78 is 1.77. The molecule has 1 aliphatic heterocycles. The fourth-order valence-corrected chi connectivity index (χ4v) is 2.63. The summed E-state index contributed by atoms with van der Waals surface area (Å²) in [5.74, 6) is -0.895. The fourth-order valence-electron chi connectivity index (χ4n) is 2.63. The number of carbonyl (C=O) groups is 1. The molecule has 2 heterocycles. The van der Waals surface area contributed by atoms with Crippen LogP contribution >= 0.6 is 0 Å². The molecule has 0 amide bonds. The molecule has 1 aromatic heterocycles. The first-order chi connectivity index (χ1) is 8.58. The summed E-state index contributed by atoms with van der Waals surface area (Å²) >= 11 is 0. The molecule has 1 aliphatic rings. The second-order valence-corrected chi connectivity index (χ2v) is 5.12. The van der Waals surface area contributed by atoms with E-state index in [-0.39, 0.29) is 0 Å². The lowest BCUT2D eigenvalue weighted by atomic mass is 10.0. The highest BCUT2D eigenvalue weighted by Gasteiger charge is 2.19. The number of aromatic nitrogens is 2. The highest BCUT2D eigenvalue weighted by Crippen LogP contribution is 2.18. The summed E-state index contributed by atoms with van der Waals surface area (Å²) in [6, 6.07) is 0.608. The lowest BCUT2D eigenvalue weighted by Gasteiger charge is -2.32. The van der Waals surface area contributed by atoms with Crippen LogP contribution in [0.1, 0.15) is 41.7 Å². The average molecular weight is 251 g/mol. The summed E-state index contributed by atoms with van der Waals surface area (Å²) in [6.45, 7) is 3.71. The fraction of sp³-hybridized carbons (Fsp3) is 0.692. The lowest BCUT2D eigenvalue weighted by molar-refractivity contribution is 0.0696. The molecule has 0 saturated carbocycles. The highest BCUT2D eigenvalue weighted by atomic mass is 16.4. The molecule has 1 fully saturated rings. The van der Waals surface area contributed by atoms with Gasteiger partial charge in [-0.05, 0) is 39.8 Å². The normalized spacial score (nSPS) is 21.1. The molecule has 1 N–H and O–H groups in total. The summed E-state index contributed by atoms with van der Waals surface area (Å²) in [5.41, 5.74) is 0.909. The van der Waals surface area contributed by atoms with Crippen molar-refractivity contribution in [2.75, 3.05) is 13.6 Å². The molecule has 0 aliphatic carbocycles. The maximum Gasteiger partial charge on any atom is 0.339 e. The molecule has 100 valence electrons. The van der Waals surface area contributed by atoms with Crippen LogP contribution < -0.4 is 0 Å². The zero-order valence-electron chi connectivity index (χ0n) is 11.1. The molecule has 5 nitrogen and oxygen atoms in total. The van der Waals surface area contributed by atoms with Crippen LogP contribution in [0.2, 0.25) is 0 Å². The molecule has 0 aromatic carbocycles. The summed E-state index contributed by atoms with van der Waals surface area (Å²) in [5, 5.41) is 13.2. The molecular weight excluding hydrogens is 230 g/mol. The molecular formula is C13H21N3O2. The van der Waals surface area contributed by atoms with Gasteiger partial charge in [-0.15, -0.1) is 0 Å². The third-order valence-corrected chi connectivity index (χ3v) is 3.79. The van der Waals surface area contributed by atoms with Gasteiger partial charge in [-0.1, -0.05) is 6.42 Å². The topological polar surface area (TPSA) is 58.4 Å². The van der Waals surface area contributed by atoms with E-state index in [4.69, 9.17) is 5.11 Å². The van der Waals surface area contributed by atoms with Gasteiger partial charge in [0, 0.05) is 18.8 Å². The Hall–Kier alpha value is -1.36. The number of nitrogens with zero attached hydrogens (tertiary/aromatic N) is 3. The average Bonchev–Trinajstić information content (AvgIpc) is 2.70. The number of carboxylic acids is 1. The Labute approximate surface area is 107 Å². The zero-order valence-corrected chi connectivity index (χ0v) is 11.1. The van der Waals surface area contributed by atoms with Crippen molar-refractivity contribution in [2.45, 2.75) is 45.2 Å². The quantitative estimate of drug-likeness (QED) is 0.886. The van der Waals surface area contributed by atoms with Crippen molar-refractivity contribution in [1.29, 1.82) is 0 Å². The molecule has 5 heteroatoms. The van der Waals surface area contributed by atoms with Gasteiger partial charge in [0.05, 0.1) is 5.69 Å². The third kappa shape index (κ3) is 2.90. The molecule has 1 saturated heterocycles. The van der Waals surface area contributed by atoms with E-state index in [0.29, 0.717) is 17.3 Å². The molecule has 0 spiro atoms. The lowest BCUT2D eigenvalue weighted by Crippen LogP contribution is -2.36. The van der Waals surface area contributed by atoms with E-state index < -0.39 is 5.97 Å². The van der Waals surface area contributed by atoms with Crippen LogP contribution in [-0.2, 0) is 6.54 Å². The van der Waals surface area contributed by atoms with E-state index in [1.807, 2.05) is 0 Å². The van der Waals surface area contributed by atoms with E-state index in [9.17, 15) is 4.79 Å². The van der Waals surface area contributed by atoms with Crippen molar-refractivity contribution in [3.8, 4) is 0 Å². The zero-order chi connectivity index (χ0) is 13.1. The van der Waals surface area contributed by atoms with Gasteiger partial charge in [0.2, 0.25) is 0 Å². The van der Waals surface area contributed by atoms with Gasteiger partial charge in [-0.25, -0.2) is 4.79 Å². The summed E-state index contributed by atoms with van der Waals surface area (Å²) in [4.78, 5) is 13.3. The maximum atomic E-state index is 10.9. The maximum absolute atomic E-state index is 10.9. The van der Waals surface area contributed by atoms with E-state index in [1.54, 1.807) is 17.8 Å². The van der Waals surface area contributed by atoms with Crippen LogP contribution in [0.3, 0.4) is 0 Å². The molecule has 2 rings (SSSR count). The standard InChI is InChI=1S/C13H21N3O2/c1-10-12(13(17)18)9-16(14-10)8-6-11-5-3-4-7-15(11)2/h9,11H,3-8H2,1-2H3,(H,17,18). The van der Waals surface area contributed by atoms with Crippen molar-refractivity contribution >= 4 is 5.97 Å². The number of rotatable bonds is 4. The third-order valence-electron chi connectivity index (χ3n) is 3.79. The van der Waals surface area contributed by atoms with Gasteiger partial charge in [-0.2, -0.15) is 5.10 Å². The van der Waals surface area contributed by atoms with Gasteiger partial charge < -0.3 is 10.0 Å². The smallest absolute Gasteiger partial charge is 0.339 e. The second kappa shape index (κ2) is 5.52. The van der Waals surface area contributed by atoms with Crippen molar-refractivity contribution in [3.63, 3.8) is 0 Å². The van der Waals surface area contributed by atoms with Crippen LogP contribution in [0.5, 0.6) is 0 Å². The largest absolute Gasteiger partial charge is 0.478 e. The summed E-state index contributed by atoms with van der Waals surface area (Å²) in [7, 11) is 2.17. The molecule has 18 heavy (non-hydrogen) atoms. The first kappa shape index (κ1) is 13.1. The molecule has 1 unspecified atom stereocenters. The van der Waals surface area contributed by atoms with Gasteiger partial charge in [0.25, 0.3) is 0 Å². The van der Waals surface area contributed by atoms with Gasteiger partial charge >= 0.3 is 5.97 Å². The predicted molar refractivity (Wildman–Crippen MR) is 68.8 cm³/mol. The Morgan fingerprint density at radius 3 is 2.94 bits per heavy atom. The minimum absolute atomic E-state index is 0.312. The summed E-state index contributed by atoms with van der Waals surface area (Å²) in [6.07, 6.45) is 6.50. The number of hydrogen-bond acceptors (Lipinski definition) is 3. The van der Waals surface area contributed by atoms with Crippen LogP contribution in [0.4, 0.5) is 0 Å². The number of likely N-dealkylation sites (tertiary alicyclic amines) is 1. The minimum atomic E-state index is -0.895. The molecule has 1 atom stereocenters. The van der Waals surface area contributed by atoms with Crippen molar-refractivity contribution < 1.29 is 9.90 Å². The number of hydrogen-bond donors (Lipinski definition) is 1. The monoisotopic (exact) mass is 251 g/mol. The Balaban J connectivity index is 1.93. The number of carboxylic acid groups (broad SMARTS) is 1. The minimum Gasteiger partial charge on any atom is -0.478 e. The van der Waals surface area contributed by atoms with Crippen LogP contribution in [0.15, 0.2) is 6.20 Å². The number of piperidine rings is 1. The van der Waals surface area contributed by atoms with E-state index >= 15 is 0 Å². The van der Waals surface area contributed by atoms with Crippen molar-refractivity contribution in [1.82, 2.24) is 14.7 Å². The van der Waals surface area contributed by atoms with Crippen molar-refractivity contribution in [3.05, 3.63) is 17.5 Å². The van der Waals surface area contributed by atoms with Gasteiger partial charge in [0.15, 0.2) is 0 Å². The Kier molecular flexibility index (Phi) is 4.01. The first-order valence-electron chi connectivity index (χ1n) is 6.55. The number of aromatic carboxylic acids is 1. The first-order valence-corrected chi connectivity index (χ1v) is 6.55. The van der Waals surface area contributed by atoms with E-state index in [2.05, 4.69) is 17.0 Å². The van der Waals surface area contributed by atoms with E-state index in [1.165, 1.54) is 25.8 Å². The Morgan fingerprint density at radius 2 is 2.33 bits per heavy atom. The van der Waals surface area contributed by atoms with Crippen LogP contribution in [-0.4, -0.2) is 45.4 Å². The number of aryl methyl sites for hydroxylation is 2. The Morgan fingerprint density at radius 1 is 1.56 bits per heavy atom. The molecule has 0 radical (unpaired) electrons. The molecule has 1 aromatic rings. The Bertz CT molecular complexity index is 428. The second-order valence-electron chi connectivity index (χ2n) is 5.12. The van der Waals surface area contributed by atoms with Gasteiger partial charge in [-0.3, -0.25) is 4.68 Å².